The summed E-state index contributed by atoms with van der Waals surface area (Å²) in [5.74, 6) is -0.922. The van der Waals surface area contributed by atoms with Gasteiger partial charge in [0.15, 0.2) is 0 Å². The number of carboxylic acid groups (broad SMARTS) is 1. The summed E-state index contributed by atoms with van der Waals surface area (Å²) in [6.45, 7) is 5.83. The SMILES string of the molecule is Cc1csc(C(C)Nc2c(C)cccc2C(=O)O)n1. The third kappa shape index (κ3) is 2.93. The van der Waals surface area contributed by atoms with Gasteiger partial charge in [-0.15, -0.1) is 11.3 Å². The number of carboxylic acids is 1. The highest BCUT2D eigenvalue weighted by Crippen LogP contribution is 2.27. The first kappa shape index (κ1) is 13.5. The van der Waals surface area contributed by atoms with Crippen molar-refractivity contribution < 1.29 is 9.90 Å². The number of aryl methyl sites for hydroxylation is 2. The van der Waals surface area contributed by atoms with E-state index in [2.05, 4.69) is 10.3 Å². The zero-order valence-corrected chi connectivity index (χ0v) is 11.9. The predicted octanol–water partition coefficient (Wildman–Crippen LogP) is 3.63. The van der Waals surface area contributed by atoms with E-state index in [1.165, 1.54) is 0 Å². The van der Waals surface area contributed by atoms with Crippen molar-refractivity contribution in [3.63, 3.8) is 0 Å². The third-order valence-electron chi connectivity index (χ3n) is 2.87. The summed E-state index contributed by atoms with van der Waals surface area (Å²) in [5, 5.41) is 15.4. The number of thiazole rings is 1. The molecule has 5 heteroatoms. The van der Waals surface area contributed by atoms with Crippen molar-refractivity contribution in [1.82, 2.24) is 4.98 Å². The van der Waals surface area contributed by atoms with Crippen LogP contribution >= 0.6 is 11.3 Å². The van der Waals surface area contributed by atoms with E-state index >= 15 is 0 Å². The molecule has 100 valence electrons. The van der Waals surface area contributed by atoms with Crippen LogP contribution in [0.5, 0.6) is 0 Å². The van der Waals surface area contributed by atoms with Gasteiger partial charge in [0, 0.05) is 11.1 Å². The Balaban J connectivity index is 2.30. The summed E-state index contributed by atoms with van der Waals surface area (Å²) in [6.07, 6.45) is 0. The summed E-state index contributed by atoms with van der Waals surface area (Å²) in [7, 11) is 0. The molecule has 4 nitrogen and oxygen atoms in total. The van der Waals surface area contributed by atoms with Crippen molar-refractivity contribution in [2.45, 2.75) is 26.8 Å². The summed E-state index contributed by atoms with van der Waals surface area (Å²) in [5.41, 5.74) is 2.85. The van der Waals surface area contributed by atoms with Crippen molar-refractivity contribution in [2.75, 3.05) is 5.32 Å². The quantitative estimate of drug-likeness (QED) is 0.895. The van der Waals surface area contributed by atoms with Gasteiger partial charge >= 0.3 is 5.97 Å². The van der Waals surface area contributed by atoms with Crippen LogP contribution in [0.2, 0.25) is 0 Å². The molecule has 1 aromatic carbocycles. The minimum atomic E-state index is -0.922. The minimum absolute atomic E-state index is 0.0158. The van der Waals surface area contributed by atoms with E-state index in [1.54, 1.807) is 23.5 Å². The normalized spacial score (nSPS) is 12.2. The molecule has 0 saturated carbocycles. The van der Waals surface area contributed by atoms with Crippen LogP contribution in [0.15, 0.2) is 23.6 Å². The molecule has 1 aromatic heterocycles. The lowest BCUT2D eigenvalue weighted by Gasteiger charge is -2.17. The summed E-state index contributed by atoms with van der Waals surface area (Å²) >= 11 is 1.58. The largest absolute Gasteiger partial charge is 0.478 e. The lowest BCUT2D eigenvalue weighted by atomic mass is 10.1. The number of rotatable bonds is 4. The van der Waals surface area contributed by atoms with Crippen LogP contribution in [0.25, 0.3) is 0 Å². The van der Waals surface area contributed by atoms with Crippen molar-refractivity contribution in [1.29, 1.82) is 0 Å². The Morgan fingerprint density at radius 3 is 2.74 bits per heavy atom. The monoisotopic (exact) mass is 276 g/mol. The molecule has 1 atom stereocenters. The second kappa shape index (κ2) is 5.40. The fourth-order valence-corrected chi connectivity index (χ4v) is 2.69. The Kier molecular flexibility index (Phi) is 3.85. The highest BCUT2D eigenvalue weighted by molar-refractivity contribution is 7.09. The lowest BCUT2D eigenvalue weighted by molar-refractivity contribution is 0.0698. The average molecular weight is 276 g/mol. The van der Waals surface area contributed by atoms with Gasteiger partial charge in [-0.2, -0.15) is 0 Å². The lowest BCUT2D eigenvalue weighted by Crippen LogP contribution is -2.12. The van der Waals surface area contributed by atoms with Gasteiger partial charge in [-0.25, -0.2) is 9.78 Å². The molecule has 1 heterocycles. The van der Waals surface area contributed by atoms with Crippen molar-refractivity contribution in [3.8, 4) is 0 Å². The summed E-state index contributed by atoms with van der Waals surface area (Å²) < 4.78 is 0. The van der Waals surface area contributed by atoms with E-state index in [9.17, 15) is 9.90 Å². The van der Waals surface area contributed by atoms with E-state index in [4.69, 9.17) is 0 Å². The first-order chi connectivity index (χ1) is 8.99. The number of anilines is 1. The van der Waals surface area contributed by atoms with Gasteiger partial charge in [0.1, 0.15) is 5.01 Å². The van der Waals surface area contributed by atoms with E-state index in [0.717, 1.165) is 16.3 Å². The van der Waals surface area contributed by atoms with Crippen LogP contribution in [0.3, 0.4) is 0 Å². The van der Waals surface area contributed by atoms with Gasteiger partial charge < -0.3 is 10.4 Å². The maximum Gasteiger partial charge on any atom is 0.337 e. The van der Waals surface area contributed by atoms with E-state index in [1.807, 2.05) is 32.2 Å². The summed E-state index contributed by atoms with van der Waals surface area (Å²) in [6, 6.07) is 5.24. The fraction of sp³-hybridized carbons (Fsp3) is 0.286. The Bertz CT molecular complexity index is 607. The Morgan fingerprint density at radius 1 is 1.42 bits per heavy atom. The van der Waals surface area contributed by atoms with Crippen LogP contribution < -0.4 is 5.32 Å². The minimum Gasteiger partial charge on any atom is -0.478 e. The second-order valence-electron chi connectivity index (χ2n) is 4.50. The molecule has 0 aliphatic heterocycles. The van der Waals surface area contributed by atoms with E-state index < -0.39 is 5.97 Å². The van der Waals surface area contributed by atoms with Gasteiger partial charge in [-0.05, 0) is 32.4 Å². The van der Waals surface area contributed by atoms with Gasteiger partial charge in [0.25, 0.3) is 0 Å². The zero-order chi connectivity index (χ0) is 14.0. The Morgan fingerprint density at radius 2 is 2.16 bits per heavy atom. The molecule has 2 N–H and O–H groups in total. The van der Waals surface area contributed by atoms with Gasteiger partial charge in [-0.3, -0.25) is 0 Å². The molecule has 0 amide bonds. The first-order valence-electron chi connectivity index (χ1n) is 6.00. The highest BCUT2D eigenvalue weighted by atomic mass is 32.1. The van der Waals surface area contributed by atoms with Crippen molar-refractivity contribution in [2.24, 2.45) is 0 Å². The number of hydrogen-bond acceptors (Lipinski definition) is 4. The number of aromatic carboxylic acids is 1. The van der Waals surface area contributed by atoms with Crippen LogP contribution in [0.4, 0.5) is 5.69 Å². The Labute approximate surface area is 116 Å². The molecule has 0 spiro atoms. The topological polar surface area (TPSA) is 62.2 Å². The van der Waals surface area contributed by atoms with Crippen LogP contribution in [-0.4, -0.2) is 16.1 Å². The third-order valence-corrected chi connectivity index (χ3v) is 4.02. The van der Waals surface area contributed by atoms with Crippen LogP contribution in [0, 0.1) is 13.8 Å². The molecule has 1 unspecified atom stereocenters. The molecule has 0 aliphatic carbocycles. The van der Waals surface area contributed by atoms with Crippen molar-refractivity contribution >= 4 is 23.0 Å². The molecule has 19 heavy (non-hydrogen) atoms. The number of para-hydroxylation sites is 1. The van der Waals surface area contributed by atoms with Crippen LogP contribution in [-0.2, 0) is 0 Å². The Hall–Kier alpha value is -1.88. The molecule has 2 aromatic rings. The molecule has 0 fully saturated rings. The van der Waals surface area contributed by atoms with E-state index in [0.29, 0.717) is 11.3 Å². The average Bonchev–Trinajstić information content (AvgIpc) is 2.78. The number of nitrogens with zero attached hydrogens (tertiary/aromatic N) is 1. The standard InChI is InChI=1S/C14H16N2O2S/c1-8-5-4-6-11(14(17)18)12(8)16-10(3)13-15-9(2)7-19-13/h4-7,10,16H,1-3H3,(H,17,18). The van der Waals surface area contributed by atoms with Crippen molar-refractivity contribution in [3.05, 3.63) is 45.4 Å². The number of aromatic nitrogens is 1. The maximum atomic E-state index is 11.2. The molecule has 0 bridgehead atoms. The van der Waals surface area contributed by atoms with Gasteiger partial charge in [0.2, 0.25) is 0 Å². The number of hydrogen-bond donors (Lipinski definition) is 2. The number of nitrogens with one attached hydrogen (secondary N) is 1. The van der Waals surface area contributed by atoms with Gasteiger partial charge in [-0.1, -0.05) is 12.1 Å². The second-order valence-corrected chi connectivity index (χ2v) is 5.39. The molecule has 2 rings (SSSR count). The highest BCUT2D eigenvalue weighted by Gasteiger charge is 2.16. The number of carbonyl (C=O) groups is 1. The fourth-order valence-electron chi connectivity index (χ4n) is 1.89. The molecule has 0 aliphatic rings. The maximum absolute atomic E-state index is 11.2. The van der Waals surface area contributed by atoms with Gasteiger partial charge in [0.05, 0.1) is 17.3 Å². The predicted molar refractivity (Wildman–Crippen MR) is 77.0 cm³/mol. The molecule has 0 radical (unpaired) electrons. The molecular weight excluding hydrogens is 260 g/mol. The molecular formula is C14H16N2O2S. The van der Waals surface area contributed by atoms with Crippen LogP contribution in [0.1, 0.15) is 39.6 Å². The summed E-state index contributed by atoms with van der Waals surface area (Å²) in [4.78, 5) is 15.7. The first-order valence-corrected chi connectivity index (χ1v) is 6.88. The molecule has 0 saturated heterocycles. The number of benzene rings is 1. The zero-order valence-electron chi connectivity index (χ0n) is 11.1. The van der Waals surface area contributed by atoms with E-state index in [-0.39, 0.29) is 6.04 Å². The smallest absolute Gasteiger partial charge is 0.337 e.